The van der Waals surface area contributed by atoms with E-state index in [2.05, 4.69) is 24.3 Å². The highest BCUT2D eigenvalue weighted by atomic mass is 32.2. The minimum Gasteiger partial charge on any atom is -0.398 e. The van der Waals surface area contributed by atoms with E-state index in [1.54, 1.807) is 0 Å². The molecular weight excluding hydrogens is 362 g/mol. The lowest BCUT2D eigenvalue weighted by molar-refractivity contribution is -0.181. The Morgan fingerprint density at radius 2 is 1.96 bits per heavy atom. The zero-order valence-electron chi connectivity index (χ0n) is 15.0. The van der Waals surface area contributed by atoms with Gasteiger partial charge in [0.2, 0.25) is 0 Å². The summed E-state index contributed by atoms with van der Waals surface area (Å²) in [6, 6.07) is 14.5. The fourth-order valence-corrected chi connectivity index (χ4v) is 5.32. The molecule has 0 aromatic heterocycles. The van der Waals surface area contributed by atoms with E-state index >= 15 is 0 Å². The second-order valence-electron chi connectivity index (χ2n) is 7.36. The first-order valence-corrected chi connectivity index (χ1v) is 10.2. The lowest BCUT2D eigenvalue weighted by atomic mass is 9.91. The Morgan fingerprint density at radius 3 is 2.74 bits per heavy atom. The predicted octanol–water partition coefficient (Wildman–Crippen LogP) is 2.07. The molecule has 1 saturated heterocycles. The normalized spacial score (nSPS) is 30.3. The second-order valence-corrected chi connectivity index (χ2v) is 8.70. The maximum atomic E-state index is 10.1. The number of aliphatic hydroxyl groups is 3. The Labute approximate surface area is 163 Å². The molecular formula is C21H25NO4S. The second kappa shape index (κ2) is 7.81. The van der Waals surface area contributed by atoms with Gasteiger partial charge in [-0.15, -0.1) is 11.8 Å². The minimum atomic E-state index is -1.08. The van der Waals surface area contributed by atoms with Gasteiger partial charge in [0.15, 0.2) is 0 Å². The van der Waals surface area contributed by atoms with E-state index in [1.165, 1.54) is 16.0 Å². The van der Waals surface area contributed by atoms with Crippen molar-refractivity contribution in [3.05, 3.63) is 59.2 Å². The zero-order valence-corrected chi connectivity index (χ0v) is 15.8. The molecule has 2 aromatic carbocycles. The van der Waals surface area contributed by atoms with E-state index in [0.29, 0.717) is 10.9 Å². The number of fused-ring (bicyclic) bond motifs is 1. The molecule has 0 aliphatic carbocycles. The van der Waals surface area contributed by atoms with Gasteiger partial charge >= 0.3 is 0 Å². The molecule has 4 rings (SSSR count). The predicted molar refractivity (Wildman–Crippen MR) is 106 cm³/mol. The average molecular weight is 388 g/mol. The first kappa shape index (κ1) is 18.8. The van der Waals surface area contributed by atoms with Crippen LogP contribution in [-0.2, 0) is 17.6 Å². The van der Waals surface area contributed by atoms with Crippen molar-refractivity contribution in [2.75, 3.05) is 12.3 Å². The number of nitrogens with two attached hydrogens (primary N) is 1. The summed E-state index contributed by atoms with van der Waals surface area (Å²) in [6.45, 7) is -0.342. The summed E-state index contributed by atoms with van der Waals surface area (Å²) in [5.41, 5.74) is 10.2. The topological polar surface area (TPSA) is 95.9 Å². The van der Waals surface area contributed by atoms with E-state index in [0.717, 1.165) is 18.4 Å². The van der Waals surface area contributed by atoms with Gasteiger partial charge in [-0.3, -0.25) is 0 Å². The van der Waals surface area contributed by atoms with Gasteiger partial charge in [-0.25, -0.2) is 0 Å². The molecule has 27 heavy (non-hydrogen) atoms. The number of anilines is 1. The third kappa shape index (κ3) is 3.86. The Kier molecular flexibility index (Phi) is 5.43. The number of ether oxygens (including phenoxy) is 1. The molecule has 1 fully saturated rings. The molecule has 0 bridgehead atoms. The lowest BCUT2D eigenvalue weighted by Gasteiger charge is -2.37. The molecule has 5 atom stereocenters. The van der Waals surface area contributed by atoms with Crippen LogP contribution in [0.1, 0.15) is 29.2 Å². The fourth-order valence-electron chi connectivity index (χ4n) is 3.97. The number of aliphatic hydroxyl groups excluding tert-OH is 3. The first-order chi connectivity index (χ1) is 13.0. The monoisotopic (exact) mass is 387 g/mol. The summed E-state index contributed by atoms with van der Waals surface area (Å²) in [7, 11) is 0. The molecule has 2 aromatic rings. The zero-order chi connectivity index (χ0) is 19.0. The molecule has 2 aliphatic rings. The highest BCUT2D eigenvalue weighted by Gasteiger charge is 2.37. The number of thioether (sulfide) groups is 1. The van der Waals surface area contributed by atoms with Crippen LogP contribution in [0.5, 0.6) is 0 Å². The molecule has 5 nitrogen and oxygen atoms in total. The van der Waals surface area contributed by atoms with Crippen molar-refractivity contribution < 1.29 is 20.1 Å². The smallest absolute Gasteiger partial charge is 0.110 e. The summed E-state index contributed by atoms with van der Waals surface area (Å²) in [6.07, 6.45) is -1.02. The minimum absolute atomic E-state index is 0.259. The Balaban J connectivity index is 1.51. The van der Waals surface area contributed by atoms with E-state index in [4.69, 9.17) is 10.5 Å². The van der Waals surface area contributed by atoms with Crippen molar-refractivity contribution in [2.45, 2.75) is 53.8 Å². The third-order valence-electron chi connectivity index (χ3n) is 5.42. The van der Waals surface area contributed by atoms with Crippen LogP contribution in [0.3, 0.4) is 0 Å². The molecule has 0 saturated carbocycles. The van der Waals surface area contributed by atoms with Crippen molar-refractivity contribution >= 4 is 17.4 Å². The summed E-state index contributed by atoms with van der Waals surface area (Å²) in [4.78, 5) is 1.36. The summed E-state index contributed by atoms with van der Waals surface area (Å²) in [5.74, 6) is 0. The van der Waals surface area contributed by atoms with Gasteiger partial charge in [0.05, 0.1) is 18.8 Å². The summed E-state index contributed by atoms with van der Waals surface area (Å²) < 4.78 is 5.82. The maximum Gasteiger partial charge on any atom is 0.110 e. The van der Waals surface area contributed by atoms with Crippen LogP contribution in [0.4, 0.5) is 5.69 Å². The number of benzene rings is 2. The van der Waals surface area contributed by atoms with Crippen molar-refractivity contribution in [3.63, 3.8) is 0 Å². The van der Waals surface area contributed by atoms with E-state index in [-0.39, 0.29) is 13.0 Å². The van der Waals surface area contributed by atoms with Crippen LogP contribution in [0.15, 0.2) is 47.4 Å². The largest absolute Gasteiger partial charge is 0.398 e. The van der Waals surface area contributed by atoms with Crippen LogP contribution in [-0.4, -0.2) is 45.5 Å². The van der Waals surface area contributed by atoms with Gasteiger partial charge in [0, 0.05) is 27.8 Å². The molecule has 1 unspecified atom stereocenters. The van der Waals surface area contributed by atoms with Gasteiger partial charge in [0.25, 0.3) is 0 Å². The molecule has 0 spiro atoms. The summed E-state index contributed by atoms with van der Waals surface area (Å²) in [5, 5.41) is 30.0. The quantitative estimate of drug-likeness (QED) is 0.600. The third-order valence-corrected chi connectivity index (χ3v) is 6.74. The molecule has 2 heterocycles. The van der Waals surface area contributed by atoms with Crippen molar-refractivity contribution in [3.8, 4) is 0 Å². The average Bonchev–Trinajstić information content (AvgIpc) is 3.07. The molecule has 2 aliphatic heterocycles. The number of nitrogen functional groups attached to an aromatic ring is 1. The number of rotatable bonds is 4. The van der Waals surface area contributed by atoms with Crippen LogP contribution in [0.2, 0.25) is 0 Å². The van der Waals surface area contributed by atoms with Crippen LogP contribution in [0, 0.1) is 0 Å². The highest BCUT2D eigenvalue weighted by Crippen LogP contribution is 2.39. The van der Waals surface area contributed by atoms with Gasteiger partial charge in [-0.2, -0.15) is 0 Å². The van der Waals surface area contributed by atoms with E-state index in [1.807, 2.05) is 30.0 Å². The molecule has 144 valence electrons. The van der Waals surface area contributed by atoms with Crippen molar-refractivity contribution in [2.24, 2.45) is 0 Å². The van der Waals surface area contributed by atoms with E-state index < -0.39 is 24.4 Å². The van der Waals surface area contributed by atoms with Gasteiger partial charge < -0.3 is 25.8 Å². The van der Waals surface area contributed by atoms with Crippen molar-refractivity contribution in [1.82, 2.24) is 0 Å². The van der Waals surface area contributed by atoms with Gasteiger partial charge in [-0.05, 0) is 36.1 Å². The first-order valence-electron chi connectivity index (χ1n) is 9.30. The molecule has 0 radical (unpaired) electrons. The highest BCUT2D eigenvalue weighted by molar-refractivity contribution is 8.00. The number of hydrogen-bond acceptors (Lipinski definition) is 6. The fraction of sp³-hybridized carbons (Fsp3) is 0.429. The Hall–Kier alpha value is -1.57. The Morgan fingerprint density at radius 1 is 1.15 bits per heavy atom. The van der Waals surface area contributed by atoms with Crippen LogP contribution >= 0.6 is 11.8 Å². The van der Waals surface area contributed by atoms with Gasteiger partial charge in [-0.1, -0.05) is 30.3 Å². The van der Waals surface area contributed by atoms with E-state index in [9.17, 15) is 15.3 Å². The standard InChI is InChI=1S/C21H25NO4S/c22-16-6-5-12(7-14-9-13-3-1-2-4-20(13)27-14)8-15(16)18-10-17(24)21(25)19(11-23)26-18/h1-6,8,14,17-19,21,23-25H,7,9-11,22H2/t14?,17-,18-,19-,21+/m1/s1. The summed E-state index contributed by atoms with van der Waals surface area (Å²) >= 11 is 1.91. The van der Waals surface area contributed by atoms with Gasteiger partial charge in [0.1, 0.15) is 12.2 Å². The SMILES string of the molecule is Nc1ccc(CC2Cc3ccccc3S2)cc1[C@H]1C[C@@H](O)[C@H](O)[C@@H](CO)O1. The van der Waals surface area contributed by atoms with Crippen molar-refractivity contribution in [1.29, 1.82) is 0 Å². The number of hydrogen-bond donors (Lipinski definition) is 4. The molecule has 0 amide bonds. The maximum absolute atomic E-state index is 10.1. The lowest BCUT2D eigenvalue weighted by Crippen LogP contribution is -2.47. The Bertz CT molecular complexity index is 790. The van der Waals surface area contributed by atoms with Crippen LogP contribution < -0.4 is 5.73 Å². The molecule has 6 heteroatoms. The van der Waals surface area contributed by atoms with Crippen LogP contribution in [0.25, 0.3) is 0 Å². The molecule has 5 N–H and O–H groups in total.